The van der Waals surface area contributed by atoms with Gasteiger partial charge in [0.2, 0.25) is 0 Å². The van der Waals surface area contributed by atoms with E-state index in [4.69, 9.17) is 5.26 Å². The lowest BCUT2D eigenvalue weighted by molar-refractivity contribution is 0.937. The minimum atomic E-state index is -0.404. The van der Waals surface area contributed by atoms with Gasteiger partial charge in [0.05, 0.1) is 5.69 Å². The number of nitrogens with one attached hydrogen (secondary N) is 1. The van der Waals surface area contributed by atoms with Crippen LogP contribution in [0.25, 0.3) is 11.3 Å². The molecule has 2 aromatic rings. The second-order valence-electron chi connectivity index (χ2n) is 3.87. The summed E-state index contributed by atoms with van der Waals surface area (Å²) in [5.41, 5.74) is 1.82. The van der Waals surface area contributed by atoms with E-state index in [0.717, 1.165) is 15.6 Å². The summed E-state index contributed by atoms with van der Waals surface area (Å²) in [4.78, 5) is 18.8. The highest BCUT2D eigenvalue weighted by Gasteiger charge is 2.14. The molecule has 0 atom stereocenters. The van der Waals surface area contributed by atoms with Crippen LogP contribution in [0.3, 0.4) is 0 Å². The lowest BCUT2D eigenvalue weighted by Gasteiger charge is -2.08. The maximum atomic E-state index is 11.9. The van der Waals surface area contributed by atoms with E-state index < -0.39 is 5.56 Å². The zero-order valence-electron chi connectivity index (χ0n) is 10.3. The molecule has 0 spiro atoms. The van der Waals surface area contributed by atoms with Gasteiger partial charge in [-0.1, -0.05) is 33.8 Å². The quantitative estimate of drug-likeness (QED) is 0.676. The summed E-state index contributed by atoms with van der Waals surface area (Å²) in [5, 5.41) is 9.64. The number of hydrogen-bond acceptors (Lipinski definition) is 4. The molecule has 2 rings (SSSR count). The van der Waals surface area contributed by atoms with Gasteiger partial charge in [0.15, 0.2) is 5.16 Å². The number of benzene rings is 1. The van der Waals surface area contributed by atoms with Crippen molar-refractivity contribution in [2.75, 3.05) is 6.26 Å². The number of thioether (sulfide) groups is 1. The number of hydrogen-bond donors (Lipinski definition) is 1. The molecule has 1 N–H and O–H groups in total. The molecule has 0 fully saturated rings. The highest BCUT2D eigenvalue weighted by atomic mass is 79.9. The summed E-state index contributed by atoms with van der Waals surface area (Å²) in [5.74, 6) is 0. The van der Waals surface area contributed by atoms with Crippen molar-refractivity contribution in [3.8, 4) is 17.3 Å². The molecule has 1 aromatic heterocycles. The summed E-state index contributed by atoms with van der Waals surface area (Å²) in [6.45, 7) is 1.92. The average Bonchev–Trinajstić information content (AvgIpc) is 2.37. The van der Waals surface area contributed by atoms with Crippen LogP contribution in [0, 0.1) is 18.3 Å². The molecule has 4 nitrogen and oxygen atoms in total. The maximum Gasteiger partial charge on any atom is 0.270 e. The molecule has 0 saturated carbocycles. The lowest BCUT2D eigenvalue weighted by Crippen LogP contribution is -2.14. The zero-order chi connectivity index (χ0) is 14.0. The van der Waals surface area contributed by atoms with Crippen molar-refractivity contribution >= 4 is 27.7 Å². The van der Waals surface area contributed by atoms with Gasteiger partial charge in [0.1, 0.15) is 11.6 Å². The van der Waals surface area contributed by atoms with E-state index in [0.29, 0.717) is 10.9 Å². The van der Waals surface area contributed by atoms with Crippen molar-refractivity contribution in [3.05, 3.63) is 44.2 Å². The molecule has 0 amide bonds. The molecule has 0 aliphatic rings. The molecule has 0 unspecified atom stereocenters. The molecule has 1 heterocycles. The summed E-state index contributed by atoms with van der Waals surface area (Å²) >= 11 is 4.72. The first-order chi connectivity index (χ1) is 9.06. The molecular formula is C13H10BrN3OS. The number of rotatable bonds is 2. The number of aryl methyl sites for hydroxylation is 1. The normalized spacial score (nSPS) is 10.2. The van der Waals surface area contributed by atoms with E-state index in [2.05, 4.69) is 25.9 Å². The SMILES string of the molecule is CSc1nc(-c2ccc(Br)cc2C)c(C#N)c(=O)[nH]1. The molecule has 96 valence electrons. The van der Waals surface area contributed by atoms with E-state index in [9.17, 15) is 4.79 Å². The first-order valence-corrected chi connectivity index (χ1v) is 7.43. The highest BCUT2D eigenvalue weighted by Crippen LogP contribution is 2.26. The van der Waals surface area contributed by atoms with E-state index in [1.807, 2.05) is 37.4 Å². The summed E-state index contributed by atoms with van der Waals surface area (Å²) in [6.07, 6.45) is 1.82. The van der Waals surface area contributed by atoms with Crippen molar-refractivity contribution in [2.24, 2.45) is 0 Å². The van der Waals surface area contributed by atoms with Crippen molar-refractivity contribution < 1.29 is 0 Å². The van der Waals surface area contributed by atoms with Crippen LogP contribution >= 0.6 is 27.7 Å². The van der Waals surface area contributed by atoms with Crippen LogP contribution in [0.5, 0.6) is 0 Å². The Morgan fingerprint density at radius 2 is 2.21 bits per heavy atom. The van der Waals surface area contributed by atoms with Gasteiger partial charge in [-0.15, -0.1) is 0 Å². The minimum Gasteiger partial charge on any atom is -0.300 e. The molecule has 0 aliphatic carbocycles. The fourth-order valence-corrected chi connectivity index (χ4v) is 2.59. The second-order valence-corrected chi connectivity index (χ2v) is 5.58. The third-order valence-corrected chi connectivity index (χ3v) is 3.72. The standard InChI is InChI=1S/C13H10BrN3OS/c1-7-5-8(14)3-4-9(7)11-10(6-15)12(18)17-13(16-11)19-2/h3-5H,1-2H3,(H,16,17,18). The van der Waals surface area contributed by atoms with Crippen LogP contribution in [0.2, 0.25) is 0 Å². The van der Waals surface area contributed by atoms with Crippen LogP contribution in [-0.2, 0) is 0 Å². The Morgan fingerprint density at radius 3 is 2.79 bits per heavy atom. The molecule has 1 aromatic carbocycles. The Balaban J connectivity index is 2.77. The number of aromatic nitrogens is 2. The van der Waals surface area contributed by atoms with Crippen LogP contribution in [0.4, 0.5) is 0 Å². The topological polar surface area (TPSA) is 69.5 Å². The van der Waals surface area contributed by atoms with Crippen LogP contribution in [0.1, 0.15) is 11.1 Å². The van der Waals surface area contributed by atoms with Crippen LogP contribution < -0.4 is 5.56 Å². The third kappa shape index (κ3) is 2.72. The van der Waals surface area contributed by atoms with Gasteiger partial charge in [-0.2, -0.15) is 5.26 Å². The number of H-pyrrole nitrogens is 1. The van der Waals surface area contributed by atoms with Gasteiger partial charge in [-0.25, -0.2) is 4.98 Å². The van der Waals surface area contributed by atoms with E-state index in [1.54, 1.807) is 0 Å². The predicted octanol–water partition coefficient (Wildman–Crippen LogP) is 3.10. The lowest BCUT2D eigenvalue weighted by atomic mass is 10.0. The van der Waals surface area contributed by atoms with Crippen molar-refractivity contribution in [1.82, 2.24) is 9.97 Å². The Kier molecular flexibility index (Phi) is 4.08. The number of nitrogens with zero attached hydrogens (tertiary/aromatic N) is 2. The Morgan fingerprint density at radius 1 is 1.47 bits per heavy atom. The molecule has 0 saturated heterocycles. The highest BCUT2D eigenvalue weighted by molar-refractivity contribution is 9.10. The number of aromatic amines is 1. The first kappa shape index (κ1) is 13.8. The monoisotopic (exact) mass is 335 g/mol. The molecule has 6 heteroatoms. The van der Waals surface area contributed by atoms with Gasteiger partial charge in [0, 0.05) is 10.0 Å². The Bertz CT molecular complexity index is 734. The minimum absolute atomic E-state index is 0.0447. The fourth-order valence-electron chi connectivity index (χ4n) is 1.74. The smallest absolute Gasteiger partial charge is 0.270 e. The van der Waals surface area contributed by atoms with Gasteiger partial charge in [0.25, 0.3) is 5.56 Å². The van der Waals surface area contributed by atoms with E-state index >= 15 is 0 Å². The molecule has 0 aliphatic heterocycles. The Hall–Kier alpha value is -1.58. The van der Waals surface area contributed by atoms with Gasteiger partial charge < -0.3 is 4.98 Å². The molecule has 0 radical (unpaired) electrons. The fraction of sp³-hybridized carbons (Fsp3) is 0.154. The third-order valence-electron chi connectivity index (χ3n) is 2.65. The van der Waals surface area contributed by atoms with E-state index in [1.165, 1.54) is 11.8 Å². The van der Waals surface area contributed by atoms with Crippen molar-refractivity contribution in [1.29, 1.82) is 5.26 Å². The van der Waals surface area contributed by atoms with Crippen LogP contribution in [0.15, 0.2) is 32.6 Å². The van der Waals surface area contributed by atoms with E-state index in [-0.39, 0.29) is 5.56 Å². The maximum absolute atomic E-state index is 11.9. The van der Waals surface area contributed by atoms with Gasteiger partial charge in [-0.05, 0) is 30.9 Å². The summed E-state index contributed by atoms with van der Waals surface area (Å²) < 4.78 is 0.946. The van der Waals surface area contributed by atoms with Crippen molar-refractivity contribution in [2.45, 2.75) is 12.1 Å². The molecule has 19 heavy (non-hydrogen) atoms. The zero-order valence-corrected chi connectivity index (χ0v) is 12.7. The summed E-state index contributed by atoms with van der Waals surface area (Å²) in [7, 11) is 0. The molecular weight excluding hydrogens is 326 g/mol. The number of halogens is 1. The predicted molar refractivity (Wildman–Crippen MR) is 79.2 cm³/mol. The Labute approximate surface area is 123 Å². The van der Waals surface area contributed by atoms with Crippen LogP contribution in [-0.4, -0.2) is 16.2 Å². The van der Waals surface area contributed by atoms with Gasteiger partial charge in [-0.3, -0.25) is 4.79 Å². The average molecular weight is 336 g/mol. The largest absolute Gasteiger partial charge is 0.300 e. The van der Waals surface area contributed by atoms with Gasteiger partial charge >= 0.3 is 0 Å². The first-order valence-electron chi connectivity index (χ1n) is 5.41. The second kappa shape index (κ2) is 5.59. The number of nitriles is 1. The summed E-state index contributed by atoms with van der Waals surface area (Å²) in [6, 6.07) is 7.58. The molecule has 0 bridgehead atoms. The van der Waals surface area contributed by atoms with Crippen molar-refractivity contribution in [3.63, 3.8) is 0 Å².